The maximum Gasteiger partial charge on any atom is 0.284 e. The predicted molar refractivity (Wildman–Crippen MR) is 129 cm³/mol. The first-order valence-electron chi connectivity index (χ1n) is 10.0. The molecule has 0 spiro atoms. The average molecular weight is 455 g/mol. The number of para-hydroxylation sites is 3. The van der Waals surface area contributed by atoms with Crippen LogP contribution in [0.4, 0.5) is 5.69 Å². The fourth-order valence-electron chi connectivity index (χ4n) is 3.64. The topological polar surface area (TPSA) is 113 Å². The van der Waals surface area contributed by atoms with Crippen LogP contribution in [-0.2, 0) is 4.79 Å². The van der Waals surface area contributed by atoms with Gasteiger partial charge in [-0.25, -0.2) is 4.98 Å². The molecule has 5 rings (SSSR count). The number of carbonyl (C=O) groups excluding carboxylic acids is 1. The van der Waals surface area contributed by atoms with Gasteiger partial charge in [-0.15, -0.1) is 10.2 Å². The van der Waals surface area contributed by atoms with E-state index in [1.165, 1.54) is 4.57 Å². The Morgan fingerprint density at radius 3 is 2.42 bits per heavy atom. The minimum atomic E-state index is -1.17. The molecular weight excluding hydrogens is 438 g/mol. The van der Waals surface area contributed by atoms with Gasteiger partial charge in [0, 0.05) is 5.39 Å². The van der Waals surface area contributed by atoms with Gasteiger partial charge in [-0.3, -0.25) is 14.2 Å². The predicted octanol–water partition coefficient (Wildman–Crippen LogP) is 4.85. The summed E-state index contributed by atoms with van der Waals surface area (Å²) in [4.78, 5) is 33.6. The molecule has 33 heavy (non-hydrogen) atoms. The molecule has 1 unspecified atom stereocenters. The highest BCUT2D eigenvalue weighted by molar-refractivity contribution is 7.81. The zero-order valence-corrected chi connectivity index (χ0v) is 18.0. The first-order valence-corrected chi connectivity index (χ1v) is 10.6. The summed E-state index contributed by atoms with van der Waals surface area (Å²) in [5.74, 6) is -0.802. The van der Waals surface area contributed by atoms with Gasteiger partial charge >= 0.3 is 0 Å². The molecule has 0 saturated carbocycles. The number of H-pyrrole nitrogens is 1. The summed E-state index contributed by atoms with van der Waals surface area (Å²) >= 11 is 4.44. The van der Waals surface area contributed by atoms with Crippen LogP contribution in [0.5, 0.6) is 5.88 Å². The minimum absolute atomic E-state index is 0.125. The standard InChI is InChI=1S/C24H17N5O3S/c30-22-19(15-10-4-6-12-17(15)26-22)27-28-23(31)20(33)21-25-18-13-7-5-11-16(18)24(32)29(21)14-8-2-1-3-9-14/h1-13,20,26,30,33H. The molecule has 0 radical (unpaired) electrons. The number of hydrogen-bond donors (Lipinski definition) is 3. The zero-order valence-electron chi connectivity index (χ0n) is 17.1. The van der Waals surface area contributed by atoms with Crippen molar-refractivity contribution in [1.82, 2.24) is 14.5 Å². The lowest BCUT2D eigenvalue weighted by molar-refractivity contribution is -0.118. The van der Waals surface area contributed by atoms with E-state index >= 15 is 0 Å². The average Bonchev–Trinajstić information content (AvgIpc) is 3.17. The Morgan fingerprint density at radius 1 is 0.970 bits per heavy atom. The normalized spacial score (nSPS) is 12.5. The molecule has 2 N–H and O–H groups in total. The lowest BCUT2D eigenvalue weighted by Gasteiger charge is -2.16. The van der Waals surface area contributed by atoms with E-state index < -0.39 is 11.2 Å². The second-order valence-electron chi connectivity index (χ2n) is 7.27. The van der Waals surface area contributed by atoms with Crippen molar-refractivity contribution in [2.24, 2.45) is 10.2 Å². The minimum Gasteiger partial charge on any atom is -0.493 e. The number of fused-ring (bicyclic) bond motifs is 2. The molecule has 0 bridgehead atoms. The first-order chi connectivity index (χ1) is 16.0. The van der Waals surface area contributed by atoms with Crippen LogP contribution in [-0.4, -0.2) is 25.5 Å². The Hall–Kier alpha value is -4.24. The van der Waals surface area contributed by atoms with E-state index in [9.17, 15) is 14.7 Å². The summed E-state index contributed by atoms with van der Waals surface area (Å²) in [6, 6.07) is 22.9. The van der Waals surface area contributed by atoms with Crippen LogP contribution < -0.4 is 5.56 Å². The van der Waals surface area contributed by atoms with Crippen molar-refractivity contribution in [1.29, 1.82) is 0 Å². The Kier molecular flexibility index (Phi) is 5.23. The van der Waals surface area contributed by atoms with Crippen LogP contribution in [0.3, 0.4) is 0 Å². The Morgan fingerprint density at radius 2 is 1.64 bits per heavy atom. The van der Waals surface area contributed by atoms with Crippen LogP contribution in [0.2, 0.25) is 0 Å². The third-order valence-corrected chi connectivity index (χ3v) is 5.65. The van der Waals surface area contributed by atoms with Crippen molar-refractivity contribution in [2.75, 3.05) is 0 Å². The molecule has 3 aromatic carbocycles. The van der Waals surface area contributed by atoms with Gasteiger partial charge in [0.2, 0.25) is 5.88 Å². The van der Waals surface area contributed by atoms with E-state index in [0.717, 1.165) is 0 Å². The zero-order chi connectivity index (χ0) is 22.9. The van der Waals surface area contributed by atoms with Gasteiger partial charge in [0.1, 0.15) is 11.1 Å². The third kappa shape index (κ3) is 3.68. The Balaban J connectivity index is 1.60. The van der Waals surface area contributed by atoms with E-state index in [4.69, 9.17) is 0 Å². The SMILES string of the molecule is O=C(N=Nc1c(O)[nH]c2ccccc12)C(S)c1nc2ccccc2c(=O)n1-c1ccccc1. The van der Waals surface area contributed by atoms with Gasteiger partial charge in [-0.05, 0) is 30.3 Å². The monoisotopic (exact) mass is 455 g/mol. The summed E-state index contributed by atoms with van der Waals surface area (Å²) in [5.41, 5.74) is 1.48. The highest BCUT2D eigenvalue weighted by atomic mass is 32.1. The van der Waals surface area contributed by atoms with Crippen LogP contribution in [0.15, 0.2) is 93.9 Å². The fourth-order valence-corrected chi connectivity index (χ4v) is 3.86. The van der Waals surface area contributed by atoms with Crippen LogP contribution in [0.1, 0.15) is 11.1 Å². The molecule has 1 amide bonds. The number of aromatic amines is 1. The number of thiol groups is 1. The number of aromatic nitrogens is 3. The molecule has 8 nitrogen and oxygen atoms in total. The number of rotatable bonds is 4. The van der Waals surface area contributed by atoms with Gasteiger partial charge in [0.25, 0.3) is 11.5 Å². The second-order valence-corrected chi connectivity index (χ2v) is 7.79. The molecular formula is C24H17N5O3S. The largest absolute Gasteiger partial charge is 0.493 e. The summed E-state index contributed by atoms with van der Waals surface area (Å²) in [6.07, 6.45) is 0. The summed E-state index contributed by atoms with van der Waals surface area (Å²) in [6.45, 7) is 0. The van der Waals surface area contributed by atoms with E-state index in [1.807, 2.05) is 12.1 Å². The van der Waals surface area contributed by atoms with Crippen molar-refractivity contribution in [2.45, 2.75) is 5.25 Å². The molecule has 162 valence electrons. The quantitative estimate of drug-likeness (QED) is 0.265. The van der Waals surface area contributed by atoms with Crippen molar-refractivity contribution >= 4 is 46.0 Å². The lowest BCUT2D eigenvalue weighted by atomic mass is 10.2. The van der Waals surface area contributed by atoms with E-state index in [-0.39, 0.29) is 23.0 Å². The molecule has 0 aliphatic carbocycles. The molecule has 0 fully saturated rings. The van der Waals surface area contributed by atoms with Gasteiger partial charge < -0.3 is 10.1 Å². The van der Waals surface area contributed by atoms with Gasteiger partial charge in [-0.1, -0.05) is 48.5 Å². The lowest BCUT2D eigenvalue weighted by Crippen LogP contribution is -2.26. The number of nitrogens with one attached hydrogen (secondary N) is 1. The number of carbonyl (C=O) groups is 1. The summed E-state index contributed by atoms with van der Waals surface area (Å²) in [7, 11) is 0. The van der Waals surface area contributed by atoms with Crippen LogP contribution in [0.25, 0.3) is 27.5 Å². The molecule has 0 aliphatic heterocycles. The molecule has 0 saturated heterocycles. The molecule has 5 aromatic rings. The summed E-state index contributed by atoms with van der Waals surface area (Å²) < 4.78 is 1.36. The molecule has 2 aromatic heterocycles. The van der Waals surface area contributed by atoms with Crippen molar-refractivity contribution in [3.8, 4) is 11.6 Å². The number of azo groups is 1. The number of benzene rings is 3. The van der Waals surface area contributed by atoms with Crippen LogP contribution >= 0.6 is 12.6 Å². The maximum atomic E-state index is 13.3. The molecule has 2 heterocycles. The molecule has 9 heteroatoms. The number of nitrogens with zero attached hydrogens (tertiary/aromatic N) is 4. The highest BCUT2D eigenvalue weighted by Crippen LogP contribution is 2.35. The molecule has 0 aliphatic rings. The van der Waals surface area contributed by atoms with Crippen molar-refractivity contribution in [3.05, 3.63) is 95.0 Å². The van der Waals surface area contributed by atoms with E-state index in [2.05, 4.69) is 32.8 Å². The van der Waals surface area contributed by atoms with Crippen LogP contribution in [0, 0.1) is 0 Å². The third-order valence-electron chi connectivity index (χ3n) is 5.20. The van der Waals surface area contributed by atoms with E-state index in [0.29, 0.717) is 27.5 Å². The number of amides is 1. The van der Waals surface area contributed by atoms with E-state index in [1.54, 1.807) is 66.7 Å². The van der Waals surface area contributed by atoms with Gasteiger partial charge in [-0.2, -0.15) is 12.6 Å². The fraction of sp³-hybridized carbons (Fsp3) is 0.0417. The van der Waals surface area contributed by atoms with Crippen molar-refractivity contribution in [3.63, 3.8) is 0 Å². The first kappa shape index (κ1) is 20.7. The summed E-state index contributed by atoms with van der Waals surface area (Å²) in [5, 5.41) is 17.8. The Labute approximate surface area is 192 Å². The number of hydrogen-bond acceptors (Lipinski definition) is 6. The Bertz CT molecular complexity index is 1590. The second kappa shape index (κ2) is 8.36. The highest BCUT2D eigenvalue weighted by Gasteiger charge is 2.25. The van der Waals surface area contributed by atoms with Gasteiger partial charge in [0.15, 0.2) is 5.69 Å². The van der Waals surface area contributed by atoms with Crippen molar-refractivity contribution < 1.29 is 9.90 Å². The maximum absolute atomic E-state index is 13.3. The van der Waals surface area contributed by atoms with Gasteiger partial charge in [0.05, 0.1) is 22.1 Å². The molecule has 1 atom stereocenters. The number of aromatic hydroxyl groups is 1. The smallest absolute Gasteiger partial charge is 0.284 e.